The third-order valence-corrected chi connectivity index (χ3v) is 3.59. The monoisotopic (exact) mass is 239 g/mol. The molecule has 0 radical (unpaired) electrons. The number of rotatable bonds is 2. The van der Waals surface area contributed by atoms with E-state index in [0.717, 1.165) is 30.8 Å². The normalized spacial score (nSPS) is 14.7. The molecule has 0 fully saturated rings. The predicted octanol–water partition coefficient (Wildman–Crippen LogP) is 2.50. The lowest BCUT2D eigenvalue weighted by molar-refractivity contribution is 0.676. The minimum Gasteiger partial charge on any atom is -0.384 e. The van der Waals surface area contributed by atoms with Crippen molar-refractivity contribution in [3.05, 3.63) is 53.0 Å². The van der Waals surface area contributed by atoms with E-state index in [1.807, 2.05) is 6.07 Å². The molecule has 2 aromatic rings. The Bertz CT molecular complexity index is 553. The van der Waals surface area contributed by atoms with Gasteiger partial charge in [0.05, 0.1) is 0 Å². The van der Waals surface area contributed by atoms with Crippen LogP contribution in [0.2, 0.25) is 0 Å². The summed E-state index contributed by atoms with van der Waals surface area (Å²) in [7, 11) is 0. The molecule has 0 amide bonds. The van der Waals surface area contributed by atoms with Gasteiger partial charge in [-0.05, 0) is 30.4 Å². The average Bonchev–Trinajstić information content (AvgIpc) is 2.81. The van der Waals surface area contributed by atoms with Crippen LogP contribution in [0.3, 0.4) is 0 Å². The SMILES string of the molecule is CCc1cc(N)nc(C2Cc3ccccc3C2)n1. The van der Waals surface area contributed by atoms with Crippen molar-refractivity contribution in [2.24, 2.45) is 0 Å². The van der Waals surface area contributed by atoms with E-state index in [9.17, 15) is 0 Å². The molecule has 2 N–H and O–H groups in total. The Morgan fingerprint density at radius 2 is 1.83 bits per heavy atom. The second kappa shape index (κ2) is 4.41. The van der Waals surface area contributed by atoms with Crippen molar-refractivity contribution in [1.82, 2.24) is 9.97 Å². The van der Waals surface area contributed by atoms with Gasteiger partial charge in [0.1, 0.15) is 11.6 Å². The Hall–Kier alpha value is -1.90. The van der Waals surface area contributed by atoms with E-state index in [1.54, 1.807) is 0 Å². The first-order valence-corrected chi connectivity index (χ1v) is 6.46. The van der Waals surface area contributed by atoms with Crippen LogP contribution in [0.4, 0.5) is 5.82 Å². The molecule has 1 aromatic carbocycles. The summed E-state index contributed by atoms with van der Waals surface area (Å²) >= 11 is 0. The number of nitrogens with two attached hydrogens (primary N) is 1. The molecular weight excluding hydrogens is 222 g/mol. The first-order chi connectivity index (χ1) is 8.76. The first kappa shape index (κ1) is 11.2. The Labute approximate surface area is 107 Å². The molecule has 18 heavy (non-hydrogen) atoms. The maximum Gasteiger partial charge on any atom is 0.134 e. The molecule has 3 nitrogen and oxygen atoms in total. The van der Waals surface area contributed by atoms with Gasteiger partial charge in [-0.2, -0.15) is 0 Å². The van der Waals surface area contributed by atoms with Crippen LogP contribution in [0, 0.1) is 0 Å². The van der Waals surface area contributed by atoms with Crippen molar-refractivity contribution >= 4 is 5.82 Å². The van der Waals surface area contributed by atoms with E-state index in [1.165, 1.54) is 11.1 Å². The van der Waals surface area contributed by atoms with Gasteiger partial charge in [0.25, 0.3) is 0 Å². The van der Waals surface area contributed by atoms with Crippen molar-refractivity contribution < 1.29 is 0 Å². The molecular formula is C15H17N3. The molecule has 0 aliphatic heterocycles. The van der Waals surface area contributed by atoms with E-state index in [4.69, 9.17) is 5.73 Å². The molecule has 0 unspecified atom stereocenters. The Balaban J connectivity index is 1.92. The smallest absolute Gasteiger partial charge is 0.134 e. The van der Waals surface area contributed by atoms with Gasteiger partial charge >= 0.3 is 0 Å². The molecule has 92 valence electrons. The summed E-state index contributed by atoms with van der Waals surface area (Å²) in [6, 6.07) is 10.5. The number of hydrogen-bond donors (Lipinski definition) is 1. The van der Waals surface area contributed by atoms with Crippen LogP contribution >= 0.6 is 0 Å². The van der Waals surface area contributed by atoms with Crippen molar-refractivity contribution in [2.45, 2.75) is 32.1 Å². The molecule has 0 spiro atoms. The summed E-state index contributed by atoms with van der Waals surface area (Å²) in [6.07, 6.45) is 2.96. The lowest BCUT2D eigenvalue weighted by atomic mass is 10.1. The minimum absolute atomic E-state index is 0.385. The first-order valence-electron chi connectivity index (χ1n) is 6.46. The fourth-order valence-corrected chi connectivity index (χ4v) is 2.64. The zero-order valence-electron chi connectivity index (χ0n) is 10.6. The van der Waals surface area contributed by atoms with Gasteiger partial charge in [0, 0.05) is 17.7 Å². The van der Waals surface area contributed by atoms with Gasteiger partial charge in [-0.15, -0.1) is 0 Å². The van der Waals surface area contributed by atoms with Crippen LogP contribution in [0.1, 0.15) is 35.5 Å². The van der Waals surface area contributed by atoms with Crippen LogP contribution < -0.4 is 5.73 Å². The quantitative estimate of drug-likeness (QED) is 0.876. The van der Waals surface area contributed by atoms with Gasteiger partial charge in [-0.25, -0.2) is 9.97 Å². The highest BCUT2D eigenvalue weighted by Crippen LogP contribution is 2.32. The summed E-state index contributed by atoms with van der Waals surface area (Å²) in [5, 5.41) is 0. The van der Waals surface area contributed by atoms with Crippen molar-refractivity contribution in [2.75, 3.05) is 5.73 Å². The van der Waals surface area contributed by atoms with Crippen LogP contribution in [0.25, 0.3) is 0 Å². The molecule has 1 aliphatic rings. The van der Waals surface area contributed by atoms with E-state index in [2.05, 4.69) is 41.2 Å². The number of nitrogens with zero attached hydrogens (tertiary/aromatic N) is 2. The van der Waals surface area contributed by atoms with Crippen LogP contribution in [-0.2, 0) is 19.3 Å². The second-order valence-electron chi connectivity index (χ2n) is 4.87. The van der Waals surface area contributed by atoms with E-state index >= 15 is 0 Å². The highest BCUT2D eigenvalue weighted by molar-refractivity contribution is 5.37. The van der Waals surface area contributed by atoms with E-state index < -0.39 is 0 Å². The van der Waals surface area contributed by atoms with Crippen molar-refractivity contribution in [3.63, 3.8) is 0 Å². The maximum atomic E-state index is 5.86. The zero-order valence-corrected chi connectivity index (χ0v) is 10.6. The van der Waals surface area contributed by atoms with Crippen LogP contribution in [0.15, 0.2) is 30.3 Å². The molecule has 3 heteroatoms. The second-order valence-corrected chi connectivity index (χ2v) is 4.87. The van der Waals surface area contributed by atoms with Gasteiger partial charge in [-0.1, -0.05) is 31.2 Å². The molecule has 1 heterocycles. The topological polar surface area (TPSA) is 51.8 Å². The van der Waals surface area contributed by atoms with E-state index in [-0.39, 0.29) is 0 Å². The van der Waals surface area contributed by atoms with Gasteiger partial charge in [-0.3, -0.25) is 0 Å². The van der Waals surface area contributed by atoms with Crippen LogP contribution in [0.5, 0.6) is 0 Å². The highest BCUT2D eigenvalue weighted by Gasteiger charge is 2.25. The fraction of sp³-hybridized carbons (Fsp3) is 0.333. The predicted molar refractivity (Wildman–Crippen MR) is 72.4 cm³/mol. The largest absolute Gasteiger partial charge is 0.384 e. The lowest BCUT2D eigenvalue weighted by Gasteiger charge is -2.09. The molecule has 3 rings (SSSR count). The lowest BCUT2D eigenvalue weighted by Crippen LogP contribution is -2.08. The fourth-order valence-electron chi connectivity index (χ4n) is 2.64. The number of anilines is 1. The van der Waals surface area contributed by atoms with Crippen molar-refractivity contribution in [1.29, 1.82) is 0 Å². The molecule has 1 aliphatic carbocycles. The molecule has 1 aromatic heterocycles. The third-order valence-electron chi connectivity index (χ3n) is 3.59. The number of nitrogen functional groups attached to an aromatic ring is 1. The number of fused-ring (bicyclic) bond motifs is 1. The van der Waals surface area contributed by atoms with Gasteiger partial charge in [0.2, 0.25) is 0 Å². The number of aromatic nitrogens is 2. The number of aryl methyl sites for hydroxylation is 1. The van der Waals surface area contributed by atoms with Crippen molar-refractivity contribution in [3.8, 4) is 0 Å². The van der Waals surface area contributed by atoms with Crippen LogP contribution in [-0.4, -0.2) is 9.97 Å². The Kier molecular flexibility index (Phi) is 2.74. The standard InChI is InChI=1S/C15H17N3/c1-2-13-9-14(16)18-15(17-13)12-7-10-5-3-4-6-11(10)8-12/h3-6,9,12H,2,7-8H2,1H3,(H2,16,17,18). The maximum absolute atomic E-state index is 5.86. The number of benzene rings is 1. The zero-order chi connectivity index (χ0) is 12.5. The summed E-state index contributed by atoms with van der Waals surface area (Å²) < 4.78 is 0. The summed E-state index contributed by atoms with van der Waals surface area (Å²) in [4.78, 5) is 9.04. The average molecular weight is 239 g/mol. The number of hydrogen-bond acceptors (Lipinski definition) is 3. The molecule has 0 bridgehead atoms. The summed E-state index contributed by atoms with van der Waals surface area (Å²) in [5.74, 6) is 1.88. The minimum atomic E-state index is 0.385. The Morgan fingerprint density at radius 1 is 1.17 bits per heavy atom. The summed E-state index contributed by atoms with van der Waals surface area (Å²) in [5.41, 5.74) is 9.74. The molecule has 0 saturated carbocycles. The van der Waals surface area contributed by atoms with Gasteiger partial charge < -0.3 is 5.73 Å². The highest BCUT2D eigenvalue weighted by atomic mass is 15.0. The molecule has 0 atom stereocenters. The van der Waals surface area contributed by atoms with E-state index in [0.29, 0.717) is 11.7 Å². The van der Waals surface area contributed by atoms with Gasteiger partial charge in [0.15, 0.2) is 0 Å². The Morgan fingerprint density at radius 3 is 2.44 bits per heavy atom. The third kappa shape index (κ3) is 1.96. The molecule has 0 saturated heterocycles. The summed E-state index contributed by atoms with van der Waals surface area (Å²) in [6.45, 7) is 2.09.